The number of esters is 1. The van der Waals surface area contributed by atoms with Crippen molar-refractivity contribution in [1.29, 1.82) is 0 Å². The Labute approximate surface area is 162 Å². The Kier molecular flexibility index (Phi) is 4.30. The summed E-state index contributed by atoms with van der Waals surface area (Å²) in [4.78, 5) is 41.2. The molecule has 2 aromatic rings. The average molecular weight is 380 g/mol. The van der Waals surface area contributed by atoms with Crippen LogP contribution in [0.25, 0.3) is 0 Å². The molecular weight excluding hydrogens is 360 g/mol. The third-order valence-corrected chi connectivity index (χ3v) is 5.18. The van der Waals surface area contributed by atoms with Crippen LogP contribution in [-0.4, -0.2) is 42.6 Å². The second-order valence-electron chi connectivity index (χ2n) is 6.71. The molecule has 0 N–H and O–H groups in total. The van der Waals surface area contributed by atoms with Crippen molar-refractivity contribution in [3.05, 3.63) is 65.7 Å². The molecule has 2 aromatic carbocycles. The van der Waals surface area contributed by atoms with Crippen LogP contribution >= 0.6 is 0 Å². The number of hydrogen-bond acceptors (Lipinski definition) is 5. The monoisotopic (exact) mass is 380 g/mol. The first kappa shape index (κ1) is 18.0. The number of likely N-dealkylation sites (N-methyl/N-ethyl adjacent to an activating group) is 1. The Morgan fingerprint density at radius 2 is 1.71 bits per heavy atom. The lowest BCUT2D eigenvalue weighted by molar-refractivity contribution is -0.144. The number of fused-ring (bicyclic) bond motifs is 2. The molecule has 1 saturated heterocycles. The number of carbonyl (C=O) groups is 3. The molecule has 2 heterocycles. The summed E-state index contributed by atoms with van der Waals surface area (Å²) in [5.41, 5.74) is 0.692. The summed E-state index contributed by atoms with van der Waals surface area (Å²) in [6.45, 7) is 1.89. The highest BCUT2D eigenvalue weighted by Gasteiger charge is 2.79. The standard InChI is InChI=1S/C21H20N2O5/c1-3-27-18(24)17-21(15-11-7-8-12-16(15)22(2)19(21)25)23(17)20(26)28-13-14-9-5-4-6-10-14/h4-12,17H,3,13H2,1-2H3/t17?,21-,23?/m1/s1. The Morgan fingerprint density at radius 1 is 1.04 bits per heavy atom. The largest absolute Gasteiger partial charge is 0.464 e. The molecule has 0 saturated carbocycles. The van der Waals surface area contributed by atoms with Crippen molar-refractivity contribution in [2.45, 2.75) is 25.1 Å². The molecule has 2 aliphatic rings. The van der Waals surface area contributed by atoms with Gasteiger partial charge in [-0.05, 0) is 18.6 Å². The summed E-state index contributed by atoms with van der Waals surface area (Å²) >= 11 is 0. The van der Waals surface area contributed by atoms with E-state index in [1.165, 1.54) is 9.80 Å². The summed E-state index contributed by atoms with van der Waals surface area (Å²) < 4.78 is 10.5. The molecule has 0 radical (unpaired) electrons. The minimum atomic E-state index is -1.40. The first-order valence-electron chi connectivity index (χ1n) is 9.07. The number of nitrogens with zero attached hydrogens (tertiary/aromatic N) is 2. The molecule has 2 aliphatic heterocycles. The summed E-state index contributed by atoms with van der Waals surface area (Å²) in [6.07, 6.45) is -0.722. The van der Waals surface area contributed by atoms with Crippen LogP contribution in [0.15, 0.2) is 54.6 Å². The van der Waals surface area contributed by atoms with Crippen molar-refractivity contribution < 1.29 is 23.9 Å². The van der Waals surface area contributed by atoms with E-state index in [4.69, 9.17) is 9.47 Å². The van der Waals surface area contributed by atoms with E-state index < -0.39 is 23.6 Å². The molecule has 0 bridgehead atoms. The van der Waals surface area contributed by atoms with Crippen molar-refractivity contribution in [3.8, 4) is 0 Å². The number of ether oxygens (including phenoxy) is 2. The summed E-state index contributed by atoms with van der Waals surface area (Å²) in [5.74, 6) is -0.957. The van der Waals surface area contributed by atoms with Crippen LogP contribution in [-0.2, 0) is 31.2 Å². The molecule has 144 valence electrons. The molecular formula is C21H20N2O5. The lowest BCUT2D eigenvalue weighted by atomic mass is 9.96. The molecule has 2 amide bonds. The lowest BCUT2D eigenvalue weighted by Gasteiger charge is -2.11. The highest BCUT2D eigenvalue weighted by atomic mass is 16.6. The SMILES string of the molecule is CCOC(=O)C1N(C(=O)OCc2ccccc2)[C@@]12C(=O)N(C)c1ccccc12. The molecule has 2 atom stereocenters. The second kappa shape index (κ2) is 6.67. The predicted octanol–water partition coefficient (Wildman–Crippen LogP) is 2.44. The van der Waals surface area contributed by atoms with Crippen LogP contribution in [0, 0.1) is 0 Å². The third-order valence-electron chi connectivity index (χ3n) is 5.18. The van der Waals surface area contributed by atoms with E-state index in [1.54, 1.807) is 38.2 Å². The van der Waals surface area contributed by atoms with Gasteiger partial charge in [0.05, 0.1) is 6.61 Å². The van der Waals surface area contributed by atoms with Gasteiger partial charge in [0.25, 0.3) is 5.91 Å². The highest BCUT2D eigenvalue weighted by Crippen LogP contribution is 2.58. The van der Waals surface area contributed by atoms with E-state index >= 15 is 0 Å². The molecule has 4 rings (SSSR count). The molecule has 1 fully saturated rings. The maximum absolute atomic E-state index is 13.1. The van der Waals surface area contributed by atoms with Crippen LogP contribution in [0.3, 0.4) is 0 Å². The van der Waals surface area contributed by atoms with Gasteiger partial charge in [0.15, 0.2) is 11.6 Å². The Hall–Kier alpha value is -3.35. The first-order chi connectivity index (χ1) is 13.5. The zero-order valence-corrected chi connectivity index (χ0v) is 15.6. The Bertz CT molecular complexity index is 945. The number of para-hydroxylation sites is 1. The maximum Gasteiger partial charge on any atom is 0.412 e. The molecule has 1 spiro atoms. The van der Waals surface area contributed by atoms with Gasteiger partial charge < -0.3 is 14.4 Å². The third kappa shape index (κ3) is 2.46. The number of hydrogen-bond donors (Lipinski definition) is 0. The Balaban J connectivity index is 1.66. The smallest absolute Gasteiger partial charge is 0.412 e. The molecule has 7 nitrogen and oxygen atoms in total. The Morgan fingerprint density at radius 3 is 2.43 bits per heavy atom. The van der Waals surface area contributed by atoms with Crippen molar-refractivity contribution in [1.82, 2.24) is 4.90 Å². The first-order valence-corrected chi connectivity index (χ1v) is 9.07. The second-order valence-corrected chi connectivity index (χ2v) is 6.71. The van der Waals surface area contributed by atoms with Crippen molar-refractivity contribution >= 4 is 23.7 Å². The average Bonchev–Trinajstić information content (AvgIpc) is 3.38. The van der Waals surface area contributed by atoms with E-state index in [2.05, 4.69) is 0 Å². The van der Waals surface area contributed by atoms with Crippen LogP contribution in [0.5, 0.6) is 0 Å². The molecule has 0 aromatic heterocycles. The van der Waals surface area contributed by atoms with Crippen molar-refractivity contribution in [2.75, 3.05) is 18.6 Å². The zero-order valence-electron chi connectivity index (χ0n) is 15.6. The molecule has 0 aliphatic carbocycles. The fraction of sp³-hybridized carbons (Fsp3) is 0.286. The normalized spacial score (nSPS) is 22.2. The van der Waals surface area contributed by atoms with Gasteiger partial charge in [-0.3, -0.25) is 9.69 Å². The van der Waals surface area contributed by atoms with Gasteiger partial charge in [0, 0.05) is 18.3 Å². The van der Waals surface area contributed by atoms with Gasteiger partial charge in [-0.25, -0.2) is 9.59 Å². The maximum atomic E-state index is 13.1. The van der Waals surface area contributed by atoms with Crippen LogP contribution < -0.4 is 4.90 Å². The minimum Gasteiger partial charge on any atom is -0.464 e. The van der Waals surface area contributed by atoms with Gasteiger partial charge in [-0.1, -0.05) is 48.5 Å². The summed E-state index contributed by atoms with van der Waals surface area (Å²) in [6, 6.07) is 15.3. The van der Waals surface area contributed by atoms with Gasteiger partial charge in [-0.2, -0.15) is 0 Å². The number of benzene rings is 2. The van der Waals surface area contributed by atoms with Crippen molar-refractivity contribution in [2.24, 2.45) is 0 Å². The van der Waals surface area contributed by atoms with Crippen LogP contribution in [0.4, 0.5) is 10.5 Å². The number of rotatable bonds is 4. The van der Waals surface area contributed by atoms with Crippen LogP contribution in [0.1, 0.15) is 18.1 Å². The molecule has 28 heavy (non-hydrogen) atoms. The van der Waals surface area contributed by atoms with Crippen molar-refractivity contribution in [3.63, 3.8) is 0 Å². The lowest BCUT2D eigenvalue weighted by Crippen LogP contribution is -2.35. The summed E-state index contributed by atoms with van der Waals surface area (Å²) in [5, 5.41) is 0. The van der Waals surface area contributed by atoms with E-state index in [1.807, 2.05) is 30.3 Å². The fourth-order valence-electron chi connectivity index (χ4n) is 3.89. The molecule has 1 unspecified atom stereocenters. The van der Waals surface area contributed by atoms with E-state index in [-0.39, 0.29) is 19.1 Å². The van der Waals surface area contributed by atoms with E-state index in [9.17, 15) is 14.4 Å². The van der Waals surface area contributed by atoms with Gasteiger partial charge in [0.2, 0.25) is 0 Å². The van der Waals surface area contributed by atoms with Gasteiger partial charge in [0.1, 0.15) is 6.61 Å². The zero-order chi connectivity index (χ0) is 19.9. The number of anilines is 1. The fourth-order valence-corrected chi connectivity index (χ4v) is 3.89. The predicted molar refractivity (Wildman–Crippen MR) is 100 cm³/mol. The van der Waals surface area contributed by atoms with E-state index in [0.29, 0.717) is 11.3 Å². The minimum absolute atomic E-state index is 0.0491. The highest BCUT2D eigenvalue weighted by molar-refractivity contribution is 6.16. The van der Waals surface area contributed by atoms with Gasteiger partial charge in [-0.15, -0.1) is 0 Å². The van der Waals surface area contributed by atoms with E-state index in [0.717, 1.165) is 5.56 Å². The molecule has 7 heteroatoms. The topological polar surface area (TPSA) is 75.9 Å². The number of carbonyl (C=O) groups excluding carboxylic acids is 3. The quantitative estimate of drug-likeness (QED) is 0.602. The summed E-state index contributed by atoms with van der Waals surface area (Å²) in [7, 11) is 1.63. The van der Waals surface area contributed by atoms with Crippen LogP contribution in [0.2, 0.25) is 0 Å². The number of amides is 2. The van der Waals surface area contributed by atoms with Gasteiger partial charge >= 0.3 is 12.1 Å².